The summed E-state index contributed by atoms with van der Waals surface area (Å²) in [5.74, 6) is 0. The number of rotatable bonds is 4. The van der Waals surface area contributed by atoms with Crippen LogP contribution in [0.1, 0.15) is 32.8 Å². The van der Waals surface area contributed by atoms with Gasteiger partial charge in [0.05, 0.1) is 0 Å². The largest absolute Gasteiger partial charge is 0.308 e. The van der Waals surface area contributed by atoms with Crippen LogP contribution in [0.3, 0.4) is 0 Å². The lowest BCUT2D eigenvalue weighted by atomic mass is 10.0. The second-order valence-electron chi connectivity index (χ2n) is 4.34. The fourth-order valence-corrected chi connectivity index (χ4v) is 1.79. The van der Waals surface area contributed by atoms with Gasteiger partial charge in [0.25, 0.3) is 0 Å². The Hall–Kier alpha value is 0.140. The number of benzene rings is 1. The Morgan fingerprint density at radius 1 is 1.20 bits per heavy atom. The maximum atomic E-state index is 3.54. The van der Waals surface area contributed by atoms with E-state index in [1.165, 1.54) is 5.56 Å². The Morgan fingerprint density at radius 3 is 2.40 bits per heavy atom. The molecule has 0 amide bonds. The summed E-state index contributed by atoms with van der Waals surface area (Å²) in [5.41, 5.74) is 1.51. The van der Waals surface area contributed by atoms with Gasteiger partial charge in [0.2, 0.25) is 0 Å². The highest BCUT2D eigenvalue weighted by atomic mass is 79.9. The van der Waals surface area contributed by atoms with E-state index >= 15 is 0 Å². The highest BCUT2D eigenvalue weighted by Gasteiger charge is 2.13. The van der Waals surface area contributed by atoms with Crippen LogP contribution in [0.2, 0.25) is 0 Å². The van der Waals surface area contributed by atoms with Crippen molar-refractivity contribution in [2.24, 2.45) is 0 Å². The summed E-state index contributed by atoms with van der Waals surface area (Å²) >= 11 is 6.98. The molecular weight excluding hydrogens is 318 g/mol. The number of nitrogens with one attached hydrogen (secondary N) is 1. The van der Waals surface area contributed by atoms with Gasteiger partial charge in [0, 0.05) is 21.0 Å². The molecule has 0 aliphatic heterocycles. The van der Waals surface area contributed by atoms with E-state index in [1.807, 2.05) is 0 Å². The van der Waals surface area contributed by atoms with E-state index in [4.69, 9.17) is 0 Å². The topological polar surface area (TPSA) is 12.0 Å². The molecule has 0 fully saturated rings. The summed E-state index contributed by atoms with van der Waals surface area (Å²) in [7, 11) is 0. The number of hydrogen-bond donors (Lipinski definition) is 1. The third-order valence-corrected chi connectivity index (χ3v) is 4.52. The highest BCUT2D eigenvalue weighted by molar-refractivity contribution is 9.13. The standard InChI is InChI=1S/C12H17Br2N/c1-4-12(2,3)15-8-9-5-6-10(13)11(14)7-9/h5-7,15H,4,8H2,1-3H3. The molecule has 0 unspecified atom stereocenters. The molecule has 1 aromatic carbocycles. The van der Waals surface area contributed by atoms with Gasteiger partial charge >= 0.3 is 0 Å². The summed E-state index contributed by atoms with van der Waals surface area (Å²) in [6.45, 7) is 7.55. The van der Waals surface area contributed by atoms with E-state index in [0.717, 1.165) is 21.9 Å². The van der Waals surface area contributed by atoms with Crippen molar-refractivity contribution in [3.05, 3.63) is 32.7 Å². The number of halogens is 2. The molecule has 0 heterocycles. The van der Waals surface area contributed by atoms with Gasteiger partial charge < -0.3 is 5.32 Å². The SMILES string of the molecule is CCC(C)(C)NCc1ccc(Br)c(Br)c1. The zero-order chi connectivity index (χ0) is 11.5. The second-order valence-corrected chi connectivity index (χ2v) is 6.05. The van der Waals surface area contributed by atoms with Crippen LogP contribution in [0.25, 0.3) is 0 Å². The second kappa shape index (κ2) is 5.46. The lowest BCUT2D eigenvalue weighted by molar-refractivity contribution is 0.374. The normalized spacial score (nSPS) is 11.8. The Labute approximate surface area is 109 Å². The minimum absolute atomic E-state index is 0.208. The molecule has 0 radical (unpaired) electrons. The van der Waals surface area contributed by atoms with Crippen molar-refractivity contribution in [3.8, 4) is 0 Å². The van der Waals surface area contributed by atoms with E-state index in [0.29, 0.717) is 0 Å². The molecule has 0 atom stereocenters. The minimum atomic E-state index is 0.208. The molecule has 1 nitrogen and oxygen atoms in total. The smallest absolute Gasteiger partial charge is 0.0320 e. The van der Waals surface area contributed by atoms with Gasteiger partial charge in [-0.15, -0.1) is 0 Å². The van der Waals surface area contributed by atoms with Crippen molar-refractivity contribution in [1.29, 1.82) is 0 Å². The van der Waals surface area contributed by atoms with E-state index < -0.39 is 0 Å². The molecule has 0 spiro atoms. The molecule has 1 N–H and O–H groups in total. The van der Waals surface area contributed by atoms with Crippen molar-refractivity contribution >= 4 is 31.9 Å². The fraction of sp³-hybridized carbons (Fsp3) is 0.500. The average Bonchev–Trinajstić information content (AvgIpc) is 2.20. The molecule has 0 saturated carbocycles. The Morgan fingerprint density at radius 2 is 1.87 bits per heavy atom. The molecule has 0 aliphatic rings. The zero-order valence-electron chi connectivity index (χ0n) is 9.40. The van der Waals surface area contributed by atoms with Crippen LogP contribution in [0.15, 0.2) is 27.1 Å². The van der Waals surface area contributed by atoms with Crippen LogP contribution in [-0.2, 0) is 6.54 Å². The van der Waals surface area contributed by atoms with Crippen molar-refractivity contribution in [2.75, 3.05) is 0 Å². The summed E-state index contributed by atoms with van der Waals surface area (Å²) in [5, 5.41) is 3.54. The summed E-state index contributed by atoms with van der Waals surface area (Å²) in [4.78, 5) is 0. The first-order valence-electron chi connectivity index (χ1n) is 5.13. The van der Waals surface area contributed by atoms with Crippen molar-refractivity contribution < 1.29 is 0 Å². The van der Waals surface area contributed by atoms with E-state index in [1.54, 1.807) is 0 Å². The van der Waals surface area contributed by atoms with Gasteiger partial charge in [-0.25, -0.2) is 0 Å². The minimum Gasteiger partial charge on any atom is -0.308 e. The summed E-state index contributed by atoms with van der Waals surface area (Å²) in [6.07, 6.45) is 1.13. The highest BCUT2D eigenvalue weighted by Crippen LogP contribution is 2.24. The molecule has 0 aromatic heterocycles. The molecule has 0 aliphatic carbocycles. The Bertz CT molecular complexity index is 334. The van der Waals surface area contributed by atoms with Crippen molar-refractivity contribution in [3.63, 3.8) is 0 Å². The maximum Gasteiger partial charge on any atom is 0.0320 e. The van der Waals surface area contributed by atoms with Gasteiger partial charge in [-0.2, -0.15) is 0 Å². The predicted molar refractivity (Wildman–Crippen MR) is 73.1 cm³/mol. The van der Waals surface area contributed by atoms with Crippen LogP contribution < -0.4 is 5.32 Å². The van der Waals surface area contributed by atoms with Crippen LogP contribution in [0.4, 0.5) is 0 Å². The van der Waals surface area contributed by atoms with Gasteiger partial charge in [-0.05, 0) is 69.8 Å². The molecule has 0 saturated heterocycles. The third-order valence-electron chi connectivity index (χ3n) is 2.64. The zero-order valence-corrected chi connectivity index (χ0v) is 12.6. The van der Waals surface area contributed by atoms with Crippen molar-refractivity contribution in [2.45, 2.75) is 39.3 Å². The van der Waals surface area contributed by atoms with Gasteiger partial charge in [-0.1, -0.05) is 13.0 Å². The summed E-state index contributed by atoms with van der Waals surface area (Å²) < 4.78 is 2.21. The fourth-order valence-electron chi connectivity index (χ4n) is 1.12. The first kappa shape index (κ1) is 13.2. The molecule has 1 aromatic rings. The van der Waals surface area contributed by atoms with E-state index in [9.17, 15) is 0 Å². The first-order chi connectivity index (χ1) is 6.94. The molecule has 15 heavy (non-hydrogen) atoms. The quantitative estimate of drug-likeness (QED) is 0.855. The van der Waals surface area contributed by atoms with Crippen LogP contribution in [-0.4, -0.2) is 5.54 Å². The van der Waals surface area contributed by atoms with Gasteiger partial charge in [-0.3, -0.25) is 0 Å². The lowest BCUT2D eigenvalue weighted by Crippen LogP contribution is -2.37. The average molecular weight is 335 g/mol. The molecule has 84 valence electrons. The predicted octanol–water partition coefficient (Wildman–Crippen LogP) is 4.49. The Kier molecular flexibility index (Phi) is 4.81. The van der Waals surface area contributed by atoms with E-state index in [2.05, 4.69) is 76.1 Å². The van der Waals surface area contributed by atoms with Crippen LogP contribution in [0, 0.1) is 0 Å². The number of hydrogen-bond acceptors (Lipinski definition) is 1. The van der Waals surface area contributed by atoms with Crippen molar-refractivity contribution in [1.82, 2.24) is 5.32 Å². The monoisotopic (exact) mass is 333 g/mol. The molecule has 0 bridgehead atoms. The lowest BCUT2D eigenvalue weighted by Gasteiger charge is -2.24. The summed E-state index contributed by atoms with van der Waals surface area (Å²) in [6, 6.07) is 6.34. The molecule has 1 rings (SSSR count). The third kappa shape index (κ3) is 4.25. The van der Waals surface area contributed by atoms with Gasteiger partial charge in [0.15, 0.2) is 0 Å². The molecule has 3 heteroatoms. The van der Waals surface area contributed by atoms with Gasteiger partial charge in [0.1, 0.15) is 0 Å². The molecular formula is C12H17Br2N. The van der Waals surface area contributed by atoms with Crippen LogP contribution >= 0.6 is 31.9 Å². The maximum absolute atomic E-state index is 3.54. The Balaban J connectivity index is 2.62. The van der Waals surface area contributed by atoms with E-state index in [-0.39, 0.29) is 5.54 Å². The van der Waals surface area contributed by atoms with Crippen LogP contribution in [0.5, 0.6) is 0 Å². The first-order valence-corrected chi connectivity index (χ1v) is 6.72.